The highest BCUT2D eigenvalue weighted by Gasteiger charge is 2.16. The zero-order valence-electron chi connectivity index (χ0n) is 17.6. The number of ether oxygens (including phenoxy) is 3. The number of amides is 2. The molecule has 0 aliphatic carbocycles. The first-order valence-electron chi connectivity index (χ1n) is 9.37. The number of benzene rings is 2. The topological polar surface area (TPSA) is 98.2 Å². The van der Waals surface area contributed by atoms with Crippen molar-refractivity contribution in [3.63, 3.8) is 0 Å². The largest absolute Gasteiger partial charge is 0.493 e. The van der Waals surface area contributed by atoms with Crippen LogP contribution in [0.15, 0.2) is 47.6 Å². The lowest BCUT2D eigenvalue weighted by Crippen LogP contribution is -2.35. The molecule has 9 heteroatoms. The van der Waals surface area contributed by atoms with E-state index in [4.69, 9.17) is 14.2 Å². The lowest BCUT2D eigenvalue weighted by Gasteiger charge is -2.10. The molecule has 1 heterocycles. The Morgan fingerprint density at radius 1 is 1.00 bits per heavy atom. The van der Waals surface area contributed by atoms with Gasteiger partial charge in [0.05, 0.1) is 39.1 Å². The lowest BCUT2D eigenvalue weighted by molar-refractivity contribution is -0.120. The molecule has 0 radical (unpaired) electrons. The van der Waals surface area contributed by atoms with E-state index in [-0.39, 0.29) is 6.54 Å². The quantitative estimate of drug-likeness (QED) is 0.413. The van der Waals surface area contributed by atoms with E-state index in [1.165, 1.54) is 25.6 Å². The molecule has 8 nitrogen and oxygen atoms in total. The van der Waals surface area contributed by atoms with Crippen LogP contribution in [0.2, 0.25) is 0 Å². The van der Waals surface area contributed by atoms with E-state index in [1.807, 2.05) is 24.3 Å². The van der Waals surface area contributed by atoms with Gasteiger partial charge in [0.15, 0.2) is 16.6 Å². The van der Waals surface area contributed by atoms with E-state index < -0.39 is 11.8 Å². The van der Waals surface area contributed by atoms with Crippen LogP contribution in [0.5, 0.6) is 16.6 Å². The Hall–Kier alpha value is -3.59. The van der Waals surface area contributed by atoms with Crippen LogP contribution in [-0.4, -0.2) is 45.4 Å². The number of hydrazone groups is 1. The first-order valence-corrected chi connectivity index (χ1v) is 10.2. The highest BCUT2D eigenvalue weighted by Crippen LogP contribution is 2.37. The van der Waals surface area contributed by atoms with Gasteiger partial charge in [-0.2, -0.15) is 5.10 Å². The predicted molar refractivity (Wildman–Crippen MR) is 121 cm³/mol. The summed E-state index contributed by atoms with van der Waals surface area (Å²) in [5.74, 6) is 0.0729. The Balaban J connectivity index is 1.64. The summed E-state index contributed by atoms with van der Waals surface area (Å²) in [7, 11) is 4.60. The van der Waals surface area contributed by atoms with Gasteiger partial charge in [-0.15, -0.1) is 0 Å². The Labute approximate surface area is 183 Å². The van der Waals surface area contributed by atoms with Gasteiger partial charge in [-0.1, -0.05) is 29.5 Å². The van der Waals surface area contributed by atoms with Crippen molar-refractivity contribution in [2.45, 2.75) is 6.92 Å². The molecule has 0 saturated carbocycles. The monoisotopic (exact) mass is 441 g/mol. The van der Waals surface area contributed by atoms with Crippen LogP contribution in [0.3, 0.4) is 0 Å². The van der Waals surface area contributed by atoms with E-state index in [0.717, 1.165) is 20.7 Å². The van der Waals surface area contributed by atoms with Crippen LogP contribution >= 0.6 is 11.3 Å². The summed E-state index contributed by atoms with van der Waals surface area (Å²) in [6, 6.07) is 12.6. The molecule has 0 aliphatic rings. The third kappa shape index (κ3) is 4.95. The number of rotatable bonds is 8. The molecule has 0 saturated heterocycles. The van der Waals surface area contributed by atoms with Gasteiger partial charge in [-0.05, 0) is 31.2 Å². The summed E-state index contributed by atoms with van der Waals surface area (Å²) in [4.78, 5) is 24.5. The predicted octanol–water partition coefficient (Wildman–Crippen LogP) is 3.20. The molecule has 2 amide bonds. The van der Waals surface area contributed by atoms with E-state index in [9.17, 15) is 9.59 Å². The number of carbonyl (C=O) groups is 2. The van der Waals surface area contributed by atoms with Crippen molar-refractivity contribution in [3.8, 4) is 16.6 Å². The molecule has 3 rings (SSSR count). The van der Waals surface area contributed by atoms with Gasteiger partial charge in [-0.25, -0.2) is 5.43 Å². The average molecular weight is 442 g/mol. The number of fused-ring (bicyclic) bond motifs is 1. The second-order valence-electron chi connectivity index (χ2n) is 6.45. The van der Waals surface area contributed by atoms with Crippen molar-refractivity contribution in [2.24, 2.45) is 5.10 Å². The summed E-state index contributed by atoms with van der Waals surface area (Å²) in [6.07, 6.45) is 0. The van der Waals surface area contributed by atoms with Gasteiger partial charge >= 0.3 is 0 Å². The lowest BCUT2D eigenvalue weighted by atomic mass is 10.1. The van der Waals surface area contributed by atoms with Gasteiger partial charge in [0.1, 0.15) is 0 Å². The standard InChI is InChI=1S/C22H23N3O5S/c1-13(20-15-7-5-6-8-18(15)31-22(20)30-4)24-25-19(26)12-23-21(27)14-9-10-16(28-2)17(11-14)29-3/h5-11H,12H2,1-4H3,(H,23,27)(H,25,26)/b24-13-. The van der Waals surface area contributed by atoms with Crippen LogP contribution in [0.4, 0.5) is 0 Å². The van der Waals surface area contributed by atoms with Crippen LogP contribution in [0.25, 0.3) is 10.1 Å². The number of hydrogen-bond acceptors (Lipinski definition) is 7. The number of nitrogens with one attached hydrogen (secondary N) is 2. The number of carbonyl (C=O) groups excluding carboxylic acids is 2. The van der Waals surface area contributed by atoms with Crippen molar-refractivity contribution < 1.29 is 23.8 Å². The van der Waals surface area contributed by atoms with Gasteiger partial charge in [-0.3, -0.25) is 9.59 Å². The zero-order chi connectivity index (χ0) is 22.4. The number of thiophene rings is 1. The third-order valence-electron chi connectivity index (χ3n) is 4.51. The van der Waals surface area contributed by atoms with Crippen LogP contribution in [-0.2, 0) is 4.79 Å². The SMILES string of the molecule is COc1ccc(C(=O)NCC(=O)N/N=C(/C)c2c(OC)sc3ccccc23)cc1OC. The summed E-state index contributed by atoms with van der Waals surface area (Å²) in [5, 5.41) is 8.46. The minimum atomic E-state index is -0.452. The maximum atomic E-state index is 12.3. The molecular formula is C22H23N3O5S. The maximum absolute atomic E-state index is 12.3. The van der Waals surface area contributed by atoms with E-state index in [2.05, 4.69) is 15.8 Å². The zero-order valence-corrected chi connectivity index (χ0v) is 18.5. The molecular weight excluding hydrogens is 418 g/mol. The van der Waals surface area contributed by atoms with Gasteiger partial charge in [0.25, 0.3) is 11.8 Å². The molecule has 0 atom stereocenters. The van der Waals surface area contributed by atoms with Crippen LogP contribution in [0, 0.1) is 0 Å². The van der Waals surface area contributed by atoms with Crippen molar-refractivity contribution in [2.75, 3.05) is 27.9 Å². The molecule has 0 spiro atoms. The molecule has 0 aliphatic heterocycles. The molecule has 31 heavy (non-hydrogen) atoms. The third-order valence-corrected chi connectivity index (χ3v) is 5.65. The van der Waals surface area contributed by atoms with E-state index in [1.54, 1.807) is 32.2 Å². The first kappa shape index (κ1) is 22.1. The van der Waals surface area contributed by atoms with Crippen molar-refractivity contribution in [1.82, 2.24) is 10.7 Å². The number of methoxy groups -OCH3 is 3. The second kappa shape index (κ2) is 9.94. The average Bonchev–Trinajstić information content (AvgIpc) is 3.19. The number of nitrogens with zero attached hydrogens (tertiary/aromatic N) is 1. The second-order valence-corrected chi connectivity index (χ2v) is 7.46. The van der Waals surface area contributed by atoms with Gasteiger partial charge in [0.2, 0.25) is 0 Å². The van der Waals surface area contributed by atoms with Crippen LogP contribution < -0.4 is 25.0 Å². The fourth-order valence-corrected chi connectivity index (χ4v) is 4.06. The highest BCUT2D eigenvalue weighted by atomic mass is 32.1. The minimum absolute atomic E-state index is 0.231. The Morgan fingerprint density at radius 2 is 1.74 bits per heavy atom. The summed E-state index contributed by atoms with van der Waals surface area (Å²) in [6.45, 7) is 1.56. The van der Waals surface area contributed by atoms with Gasteiger partial charge in [0, 0.05) is 15.6 Å². The molecule has 2 N–H and O–H groups in total. The van der Waals surface area contributed by atoms with Gasteiger partial charge < -0.3 is 19.5 Å². The maximum Gasteiger partial charge on any atom is 0.259 e. The fraction of sp³-hybridized carbons (Fsp3) is 0.227. The molecule has 0 bridgehead atoms. The molecule has 2 aromatic carbocycles. The molecule has 1 aromatic heterocycles. The summed E-state index contributed by atoms with van der Waals surface area (Å²) in [5.41, 5.74) is 4.26. The van der Waals surface area contributed by atoms with Crippen molar-refractivity contribution in [3.05, 3.63) is 53.6 Å². The van der Waals surface area contributed by atoms with Crippen molar-refractivity contribution >= 4 is 38.9 Å². The smallest absolute Gasteiger partial charge is 0.259 e. The Kier molecular flexibility index (Phi) is 7.09. The molecule has 162 valence electrons. The van der Waals surface area contributed by atoms with E-state index in [0.29, 0.717) is 22.8 Å². The summed E-state index contributed by atoms with van der Waals surface area (Å²) < 4.78 is 16.9. The molecule has 0 unspecified atom stereocenters. The van der Waals surface area contributed by atoms with Crippen LogP contribution in [0.1, 0.15) is 22.8 Å². The molecule has 3 aromatic rings. The van der Waals surface area contributed by atoms with Crippen molar-refractivity contribution in [1.29, 1.82) is 0 Å². The fourth-order valence-electron chi connectivity index (χ4n) is 2.99. The normalized spacial score (nSPS) is 11.2. The highest BCUT2D eigenvalue weighted by molar-refractivity contribution is 7.21. The Morgan fingerprint density at radius 3 is 2.45 bits per heavy atom. The summed E-state index contributed by atoms with van der Waals surface area (Å²) >= 11 is 1.51. The number of hydrogen-bond donors (Lipinski definition) is 2. The van der Waals surface area contributed by atoms with E-state index >= 15 is 0 Å². The molecule has 0 fully saturated rings. The Bertz CT molecular complexity index is 1140. The minimum Gasteiger partial charge on any atom is -0.493 e. The first-order chi connectivity index (χ1) is 15.0.